The summed E-state index contributed by atoms with van der Waals surface area (Å²) in [5, 5.41) is 3.24. The van der Waals surface area contributed by atoms with Crippen molar-refractivity contribution in [1.82, 2.24) is 9.97 Å². The minimum atomic E-state index is -0.221. The first-order valence-corrected chi connectivity index (χ1v) is 6.59. The van der Waals surface area contributed by atoms with Crippen LogP contribution in [0.5, 0.6) is 0 Å². The molecule has 0 aliphatic rings. The Bertz CT molecular complexity index is 512. The number of rotatable bonds is 2. The maximum Gasteiger partial charge on any atom is 0.259 e. The Morgan fingerprint density at radius 3 is 2.62 bits per heavy atom. The van der Waals surface area contributed by atoms with E-state index >= 15 is 0 Å². The smallest absolute Gasteiger partial charge is 0.259 e. The lowest BCUT2D eigenvalue weighted by molar-refractivity contribution is 0.102. The fraction of sp³-hybridized carbons (Fsp3) is 0. The molecule has 0 saturated carbocycles. The number of carbonyl (C=O) groups is 1. The highest BCUT2D eigenvalue weighted by molar-refractivity contribution is 9.11. The molecule has 2 rings (SSSR count). The molecule has 0 aliphatic heterocycles. The lowest BCUT2D eigenvalue weighted by atomic mass is 10.3. The van der Waals surface area contributed by atoms with Crippen LogP contribution in [0.2, 0.25) is 0 Å². The van der Waals surface area contributed by atoms with Crippen LogP contribution in [0.15, 0.2) is 32.9 Å². The third kappa shape index (κ3) is 2.87. The van der Waals surface area contributed by atoms with Gasteiger partial charge in [0, 0.05) is 6.20 Å². The van der Waals surface area contributed by atoms with Crippen molar-refractivity contribution < 1.29 is 4.79 Å². The number of pyridine rings is 1. The van der Waals surface area contributed by atoms with Crippen molar-refractivity contribution in [2.24, 2.45) is 0 Å². The molecular formula is C9H5Br2N3OS. The highest BCUT2D eigenvalue weighted by Crippen LogP contribution is 2.23. The Hall–Kier alpha value is -0.790. The summed E-state index contributed by atoms with van der Waals surface area (Å²) in [5.74, 6) is -0.221. The molecule has 4 nitrogen and oxygen atoms in total. The first-order valence-electron chi connectivity index (χ1n) is 4.19. The molecule has 2 heterocycles. The Morgan fingerprint density at radius 1 is 1.25 bits per heavy atom. The molecule has 0 aliphatic carbocycles. The minimum Gasteiger partial charge on any atom is -0.298 e. The first-order chi connectivity index (χ1) is 7.65. The number of carbonyl (C=O) groups excluding carboxylic acids is 1. The van der Waals surface area contributed by atoms with Gasteiger partial charge in [-0.2, -0.15) is 0 Å². The number of nitrogens with zero attached hydrogens (tertiary/aromatic N) is 2. The van der Waals surface area contributed by atoms with Crippen LogP contribution in [0, 0.1) is 0 Å². The average molecular weight is 363 g/mol. The standard InChI is InChI=1S/C9H5Br2N3OS/c10-6-2-1-5(3-12-6)8(15)14-9-13-4-7(11)16-9/h1-4H,(H,13,14,15). The predicted molar refractivity (Wildman–Crippen MR) is 69.7 cm³/mol. The van der Waals surface area contributed by atoms with Crippen LogP contribution in [-0.2, 0) is 0 Å². The van der Waals surface area contributed by atoms with E-state index in [1.807, 2.05) is 0 Å². The number of amides is 1. The Kier molecular flexibility index (Phi) is 3.67. The van der Waals surface area contributed by atoms with Crippen molar-refractivity contribution in [3.63, 3.8) is 0 Å². The summed E-state index contributed by atoms with van der Waals surface area (Å²) in [6.07, 6.45) is 3.14. The normalized spacial score (nSPS) is 10.1. The predicted octanol–water partition coefficient (Wildman–Crippen LogP) is 3.32. The molecule has 16 heavy (non-hydrogen) atoms. The summed E-state index contributed by atoms with van der Waals surface area (Å²) < 4.78 is 1.57. The van der Waals surface area contributed by atoms with Crippen molar-refractivity contribution in [1.29, 1.82) is 0 Å². The average Bonchev–Trinajstić information content (AvgIpc) is 2.65. The van der Waals surface area contributed by atoms with Crippen molar-refractivity contribution >= 4 is 54.2 Å². The molecule has 0 unspecified atom stereocenters. The van der Waals surface area contributed by atoms with Crippen molar-refractivity contribution in [3.05, 3.63) is 38.5 Å². The van der Waals surface area contributed by atoms with E-state index in [0.29, 0.717) is 15.3 Å². The summed E-state index contributed by atoms with van der Waals surface area (Å²) in [4.78, 5) is 19.7. The van der Waals surface area contributed by atoms with Crippen LogP contribution in [0.3, 0.4) is 0 Å². The van der Waals surface area contributed by atoms with Crippen molar-refractivity contribution in [2.75, 3.05) is 5.32 Å². The van der Waals surface area contributed by atoms with Gasteiger partial charge >= 0.3 is 0 Å². The molecule has 1 N–H and O–H groups in total. The minimum absolute atomic E-state index is 0.221. The van der Waals surface area contributed by atoms with Gasteiger partial charge in [-0.1, -0.05) is 11.3 Å². The van der Waals surface area contributed by atoms with Gasteiger partial charge in [0.2, 0.25) is 0 Å². The SMILES string of the molecule is O=C(Nc1ncc(Br)s1)c1ccc(Br)nc1. The van der Waals surface area contributed by atoms with Gasteiger partial charge in [-0.25, -0.2) is 9.97 Å². The van der Waals surface area contributed by atoms with Crippen LogP contribution in [0.25, 0.3) is 0 Å². The third-order valence-electron chi connectivity index (χ3n) is 1.69. The van der Waals surface area contributed by atoms with Gasteiger partial charge in [-0.15, -0.1) is 0 Å². The van der Waals surface area contributed by atoms with E-state index in [9.17, 15) is 4.79 Å². The molecule has 1 amide bonds. The summed E-state index contributed by atoms with van der Waals surface area (Å²) in [6.45, 7) is 0. The topological polar surface area (TPSA) is 54.9 Å². The monoisotopic (exact) mass is 361 g/mol. The molecule has 0 bridgehead atoms. The summed E-state index contributed by atoms with van der Waals surface area (Å²) >= 11 is 7.84. The quantitative estimate of drug-likeness (QED) is 0.834. The highest BCUT2D eigenvalue weighted by atomic mass is 79.9. The summed E-state index contributed by atoms with van der Waals surface area (Å²) in [5.41, 5.74) is 0.495. The molecule has 0 spiro atoms. The molecule has 2 aromatic heterocycles. The van der Waals surface area contributed by atoms with E-state index < -0.39 is 0 Å². The maximum atomic E-state index is 11.7. The number of halogens is 2. The van der Waals surface area contributed by atoms with E-state index in [1.165, 1.54) is 17.5 Å². The largest absolute Gasteiger partial charge is 0.298 e. The molecular weight excluding hydrogens is 358 g/mol. The van der Waals surface area contributed by atoms with Crippen molar-refractivity contribution in [3.8, 4) is 0 Å². The van der Waals surface area contributed by atoms with E-state index in [0.717, 1.165) is 3.79 Å². The lowest BCUT2D eigenvalue weighted by Gasteiger charge is -2.00. The molecule has 0 fully saturated rings. The Morgan fingerprint density at radius 2 is 2.06 bits per heavy atom. The van der Waals surface area contributed by atoms with Crippen LogP contribution in [0.4, 0.5) is 5.13 Å². The zero-order chi connectivity index (χ0) is 11.5. The fourth-order valence-electron chi connectivity index (χ4n) is 0.992. The number of anilines is 1. The Balaban J connectivity index is 2.11. The van der Waals surface area contributed by atoms with Gasteiger partial charge in [0.1, 0.15) is 4.60 Å². The van der Waals surface area contributed by atoms with Gasteiger partial charge in [0.25, 0.3) is 5.91 Å². The fourth-order valence-corrected chi connectivity index (χ4v) is 2.33. The molecule has 0 atom stereocenters. The second-order valence-electron chi connectivity index (χ2n) is 2.79. The molecule has 0 saturated heterocycles. The zero-order valence-electron chi connectivity index (χ0n) is 7.78. The summed E-state index contributed by atoms with van der Waals surface area (Å²) in [6, 6.07) is 3.40. The summed E-state index contributed by atoms with van der Waals surface area (Å²) in [7, 11) is 0. The van der Waals surface area contributed by atoms with E-state index in [-0.39, 0.29) is 5.91 Å². The zero-order valence-corrected chi connectivity index (χ0v) is 11.8. The molecule has 0 radical (unpaired) electrons. The van der Waals surface area contributed by atoms with E-state index in [2.05, 4.69) is 47.1 Å². The molecule has 2 aromatic rings. The van der Waals surface area contributed by atoms with Crippen LogP contribution in [-0.4, -0.2) is 15.9 Å². The number of aromatic nitrogens is 2. The molecule has 82 valence electrons. The molecule has 7 heteroatoms. The van der Waals surface area contributed by atoms with Gasteiger partial charge in [0.05, 0.1) is 15.5 Å². The van der Waals surface area contributed by atoms with Crippen LogP contribution < -0.4 is 5.32 Å². The number of thiazole rings is 1. The molecule has 0 aromatic carbocycles. The van der Waals surface area contributed by atoms with Crippen LogP contribution >= 0.6 is 43.2 Å². The van der Waals surface area contributed by atoms with Gasteiger partial charge in [0.15, 0.2) is 5.13 Å². The first kappa shape index (κ1) is 11.7. The van der Waals surface area contributed by atoms with Crippen molar-refractivity contribution in [2.45, 2.75) is 0 Å². The number of hydrogen-bond donors (Lipinski definition) is 1. The third-order valence-corrected chi connectivity index (χ3v) is 3.55. The number of hydrogen-bond acceptors (Lipinski definition) is 4. The van der Waals surface area contributed by atoms with Gasteiger partial charge in [-0.05, 0) is 44.0 Å². The lowest BCUT2D eigenvalue weighted by Crippen LogP contribution is -2.11. The second kappa shape index (κ2) is 5.03. The number of nitrogens with one attached hydrogen (secondary N) is 1. The second-order valence-corrected chi connectivity index (χ2v) is 6.02. The Labute approximate surface area is 112 Å². The highest BCUT2D eigenvalue weighted by Gasteiger charge is 2.08. The van der Waals surface area contributed by atoms with Gasteiger partial charge in [-0.3, -0.25) is 10.1 Å². The van der Waals surface area contributed by atoms with E-state index in [1.54, 1.807) is 18.3 Å². The van der Waals surface area contributed by atoms with Crippen LogP contribution in [0.1, 0.15) is 10.4 Å². The van der Waals surface area contributed by atoms with E-state index in [4.69, 9.17) is 0 Å². The van der Waals surface area contributed by atoms with Gasteiger partial charge < -0.3 is 0 Å². The maximum absolute atomic E-state index is 11.7.